The van der Waals surface area contributed by atoms with Crippen LogP contribution in [0.3, 0.4) is 0 Å². The van der Waals surface area contributed by atoms with Gasteiger partial charge >= 0.3 is 0 Å². The first-order valence-corrected chi connectivity index (χ1v) is 9.51. The Hall–Kier alpha value is -2.73. The van der Waals surface area contributed by atoms with Gasteiger partial charge in [-0.15, -0.1) is 11.3 Å². The third-order valence-corrected chi connectivity index (χ3v) is 5.04. The van der Waals surface area contributed by atoms with E-state index in [2.05, 4.69) is 20.7 Å². The Labute approximate surface area is 156 Å². The Morgan fingerprint density at radius 1 is 1.19 bits per heavy atom. The van der Waals surface area contributed by atoms with E-state index in [9.17, 15) is 4.79 Å². The molecule has 0 atom stereocenters. The number of pyridine rings is 1. The summed E-state index contributed by atoms with van der Waals surface area (Å²) < 4.78 is 5.78. The molecule has 1 aliphatic rings. The number of hydrogen-bond donors (Lipinski definition) is 1. The Kier molecular flexibility index (Phi) is 4.93. The third kappa shape index (κ3) is 4.26. The lowest BCUT2D eigenvalue weighted by atomic mass is 10.2. The van der Waals surface area contributed by atoms with E-state index in [0.29, 0.717) is 24.6 Å². The monoisotopic (exact) mass is 365 g/mol. The summed E-state index contributed by atoms with van der Waals surface area (Å²) in [6.07, 6.45) is 4.23. The van der Waals surface area contributed by atoms with Gasteiger partial charge in [0.2, 0.25) is 0 Å². The van der Waals surface area contributed by atoms with E-state index in [1.54, 1.807) is 29.7 Å². The van der Waals surface area contributed by atoms with Crippen molar-refractivity contribution in [3.8, 4) is 5.75 Å². The second-order valence-corrected chi connectivity index (χ2v) is 7.20. The van der Waals surface area contributed by atoms with Crippen LogP contribution in [0, 0.1) is 0 Å². The van der Waals surface area contributed by atoms with Gasteiger partial charge in [0.1, 0.15) is 17.4 Å². The lowest BCUT2D eigenvalue weighted by Gasteiger charge is -2.07. The summed E-state index contributed by atoms with van der Waals surface area (Å²) in [6, 6.07) is 12.8. The molecule has 1 aromatic carbocycles. The summed E-state index contributed by atoms with van der Waals surface area (Å²) in [4.78, 5) is 21.0. The fraction of sp³-hybridized carbons (Fsp3) is 0.250. The topological polar surface area (TPSA) is 64.1 Å². The molecule has 132 valence electrons. The van der Waals surface area contributed by atoms with Crippen LogP contribution in [-0.4, -0.2) is 15.9 Å². The number of carbonyl (C=O) groups excluding carboxylic acids is 1. The first-order valence-electron chi connectivity index (χ1n) is 8.63. The van der Waals surface area contributed by atoms with Gasteiger partial charge in [0, 0.05) is 23.1 Å². The van der Waals surface area contributed by atoms with E-state index in [0.717, 1.165) is 16.5 Å². The predicted octanol–water partition coefficient (Wildman–Crippen LogP) is 3.92. The van der Waals surface area contributed by atoms with Gasteiger partial charge in [-0.3, -0.25) is 9.78 Å². The zero-order valence-corrected chi connectivity index (χ0v) is 15.0. The van der Waals surface area contributed by atoms with Gasteiger partial charge < -0.3 is 10.1 Å². The first-order chi connectivity index (χ1) is 12.8. The van der Waals surface area contributed by atoms with Crippen LogP contribution < -0.4 is 10.1 Å². The standard InChI is InChI=1S/C20H19N3O2S/c24-20(22-11-16-3-1-2-10-21-16)15-6-8-17(9-7-15)25-12-19-23-18(13-26-19)14-4-5-14/h1-3,6-10,13-14H,4-5,11-12H2,(H,22,24). The number of nitrogens with one attached hydrogen (secondary N) is 1. The minimum atomic E-state index is -0.129. The van der Waals surface area contributed by atoms with Gasteiger partial charge in [0.25, 0.3) is 5.91 Å². The summed E-state index contributed by atoms with van der Waals surface area (Å²) in [7, 11) is 0. The summed E-state index contributed by atoms with van der Waals surface area (Å²) in [5.41, 5.74) is 2.63. The number of carbonyl (C=O) groups is 1. The highest BCUT2D eigenvalue weighted by molar-refractivity contribution is 7.09. The smallest absolute Gasteiger partial charge is 0.251 e. The average Bonchev–Trinajstić information content (AvgIpc) is 3.44. The molecule has 4 rings (SSSR count). The Balaban J connectivity index is 1.28. The molecule has 0 spiro atoms. The molecule has 0 unspecified atom stereocenters. The lowest BCUT2D eigenvalue weighted by molar-refractivity contribution is 0.0950. The quantitative estimate of drug-likeness (QED) is 0.689. The van der Waals surface area contributed by atoms with Gasteiger partial charge in [0.05, 0.1) is 17.9 Å². The van der Waals surface area contributed by atoms with Crippen molar-refractivity contribution < 1.29 is 9.53 Å². The molecule has 1 fully saturated rings. The summed E-state index contributed by atoms with van der Waals surface area (Å²) in [5, 5.41) is 5.98. The molecule has 26 heavy (non-hydrogen) atoms. The number of hydrogen-bond acceptors (Lipinski definition) is 5. The van der Waals surface area contributed by atoms with Crippen molar-refractivity contribution in [1.82, 2.24) is 15.3 Å². The SMILES string of the molecule is O=C(NCc1ccccn1)c1ccc(OCc2nc(C3CC3)cs2)cc1. The summed E-state index contributed by atoms with van der Waals surface area (Å²) >= 11 is 1.64. The highest BCUT2D eigenvalue weighted by Crippen LogP contribution is 2.40. The van der Waals surface area contributed by atoms with E-state index in [-0.39, 0.29) is 5.91 Å². The summed E-state index contributed by atoms with van der Waals surface area (Å²) in [6.45, 7) is 0.869. The minimum Gasteiger partial charge on any atom is -0.486 e. The molecule has 0 bridgehead atoms. The molecule has 1 aliphatic carbocycles. The highest BCUT2D eigenvalue weighted by Gasteiger charge is 2.25. The molecule has 5 nitrogen and oxygen atoms in total. The second kappa shape index (κ2) is 7.66. The van der Waals surface area contributed by atoms with E-state index in [1.165, 1.54) is 18.5 Å². The van der Waals surface area contributed by atoms with Crippen molar-refractivity contribution in [2.24, 2.45) is 0 Å². The molecule has 6 heteroatoms. The van der Waals surface area contributed by atoms with Gasteiger partial charge in [-0.05, 0) is 49.2 Å². The number of benzene rings is 1. The van der Waals surface area contributed by atoms with Crippen LogP contribution >= 0.6 is 11.3 Å². The molecular formula is C20H19N3O2S. The van der Waals surface area contributed by atoms with Crippen molar-refractivity contribution in [2.75, 3.05) is 0 Å². The van der Waals surface area contributed by atoms with Crippen LogP contribution in [0.25, 0.3) is 0 Å². The fourth-order valence-electron chi connectivity index (χ4n) is 2.58. The zero-order chi connectivity index (χ0) is 17.8. The average molecular weight is 365 g/mol. The highest BCUT2D eigenvalue weighted by atomic mass is 32.1. The van der Waals surface area contributed by atoms with E-state index >= 15 is 0 Å². The number of rotatable bonds is 7. The molecule has 0 saturated heterocycles. The molecule has 2 heterocycles. The van der Waals surface area contributed by atoms with Gasteiger partial charge in [-0.2, -0.15) is 0 Å². The Morgan fingerprint density at radius 2 is 2.04 bits per heavy atom. The first kappa shape index (κ1) is 16.7. The normalized spacial score (nSPS) is 13.4. The molecule has 0 radical (unpaired) electrons. The molecular weight excluding hydrogens is 346 g/mol. The van der Waals surface area contributed by atoms with Crippen LogP contribution in [0.15, 0.2) is 54.0 Å². The van der Waals surface area contributed by atoms with Gasteiger partial charge in [0.15, 0.2) is 0 Å². The molecule has 3 aromatic rings. The predicted molar refractivity (Wildman–Crippen MR) is 100 cm³/mol. The number of aromatic nitrogens is 2. The van der Waals surface area contributed by atoms with Crippen LogP contribution in [0.2, 0.25) is 0 Å². The third-order valence-electron chi connectivity index (χ3n) is 4.20. The Bertz CT molecular complexity index is 874. The molecule has 1 saturated carbocycles. The van der Waals surface area contributed by atoms with Crippen molar-refractivity contribution in [1.29, 1.82) is 0 Å². The maximum Gasteiger partial charge on any atom is 0.251 e. The van der Waals surface area contributed by atoms with Crippen molar-refractivity contribution in [3.63, 3.8) is 0 Å². The van der Waals surface area contributed by atoms with Gasteiger partial charge in [-0.25, -0.2) is 4.98 Å². The molecule has 2 aromatic heterocycles. The summed E-state index contributed by atoms with van der Waals surface area (Å²) in [5.74, 6) is 1.27. The Morgan fingerprint density at radius 3 is 2.77 bits per heavy atom. The lowest BCUT2D eigenvalue weighted by Crippen LogP contribution is -2.23. The van der Waals surface area contributed by atoms with Crippen LogP contribution in [0.1, 0.15) is 45.5 Å². The van der Waals surface area contributed by atoms with Crippen LogP contribution in [-0.2, 0) is 13.2 Å². The maximum atomic E-state index is 12.2. The van der Waals surface area contributed by atoms with E-state index < -0.39 is 0 Å². The van der Waals surface area contributed by atoms with E-state index in [4.69, 9.17) is 4.74 Å². The van der Waals surface area contributed by atoms with E-state index in [1.807, 2.05) is 30.3 Å². The number of ether oxygens (including phenoxy) is 1. The zero-order valence-electron chi connectivity index (χ0n) is 14.2. The number of nitrogens with zero attached hydrogens (tertiary/aromatic N) is 2. The molecule has 1 amide bonds. The van der Waals surface area contributed by atoms with Crippen molar-refractivity contribution in [3.05, 3.63) is 76.0 Å². The van der Waals surface area contributed by atoms with Crippen LogP contribution in [0.5, 0.6) is 5.75 Å². The second-order valence-electron chi connectivity index (χ2n) is 6.26. The van der Waals surface area contributed by atoms with Gasteiger partial charge in [-0.1, -0.05) is 6.07 Å². The number of thiazole rings is 1. The molecule has 1 N–H and O–H groups in total. The van der Waals surface area contributed by atoms with Crippen molar-refractivity contribution in [2.45, 2.75) is 31.9 Å². The minimum absolute atomic E-state index is 0.129. The fourth-order valence-corrected chi connectivity index (χ4v) is 3.37. The largest absolute Gasteiger partial charge is 0.486 e. The maximum absolute atomic E-state index is 12.2. The number of amides is 1. The molecule has 0 aliphatic heterocycles. The van der Waals surface area contributed by atoms with Crippen LogP contribution in [0.4, 0.5) is 0 Å². The van der Waals surface area contributed by atoms with Crippen molar-refractivity contribution >= 4 is 17.2 Å².